The minimum Gasteiger partial charge on any atom is -0.326 e. The summed E-state index contributed by atoms with van der Waals surface area (Å²) in [6, 6.07) is 0. The molecule has 6 nitrogen and oxygen atoms in total. The van der Waals surface area contributed by atoms with Gasteiger partial charge in [-0.2, -0.15) is 9.40 Å². The summed E-state index contributed by atoms with van der Waals surface area (Å²) >= 11 is 0. The number of aromatic nitrogens is 2. The van der Waals surface area contributed by atoms with E-state index in [4.69, 9.17) is 5.73 Å². The van der Waals surface area contributed by atoms with Crippen LogP contribution >= 0.6 is 0 Å². The van der Waals surface area contributed by atoms with Gasteiger partial charge in [-0.15, -0.1) is 0 Å². The van der Waals surface area contributed by atoms with Crippen molar-refractivity contribution < 1.29 is 8.42 Å². The first kappa shape index (κ1) is 13.5. The van der Waals surface area contributed by atoms with Gasteiger partial charge in [-0.25, -0.2) is 8.42 Å². The first-order valence-electron chi connectivity index (χ1n) is 6.19. The summed E-state index contributed by atoms with van der Waals surface area (Å²) in [6.07, 6.45) is 2.39. The van der Waals surface area contributed by atoms with Crippen LogP contribution in [0.15, 0.2) is 11.2 Å². The van der Waals surface area contributed by atoms with E-state index in [1.807, 2.05) is 0 Å². The van der Waals surface area contributed by atoms with Crippen molar-refractivity contribution in [2.24, 2.45) is 17.6 Å². The molecule has 18 heavy (non-hydrogen) atoms. The van der Waals surface area contributed by atoms with Crippen LogP contribution in [0.2, 0.25) is 0 Å². The molecule has 1 aromatic rings. The summed E-state index contributed by atoms with van der Waals surface area (Å²) in [7, 11) is -3.47. The number of hydrogen-bond donors (Lipinski definition) is 2. The van der Waals surface area contributed by atoms with Gasteiger partial charge in [0.2, 0.25) is 0 Å². The van der Waals surface area contributed by atoms with Crippen molar-refractivity contribution in [2.75, 3.05) is 13.1 Å². The predicted octanol–water partition coefficient (Wildman–Crippen LogP) is 0.535. The molecule has 0 bridgehead atoms. The molecule has 1 atom stereocenters. The largest absolute Gasteiger partial charge is 0.326 e. The molecular weight excluding hydrogens is 252 g/mol. The number of hydrogen-bond acceptors (Lipinski definition) is 4. The molecule has 2 heterocycles. The third-order valence-corrected chi connectivity index (χ3v) is 5.51. The minimum absolute atomic E-state index is 0.148. The Labute approximate surface area is 108 Å². The van der Waals surface area contributed by atoms with Crippen LogP contribution in [-0.4, -0.2) is 36.0 Å². The second-order valence-corrected chi connectivity index (χ2v) is 6.96. The first-order valence-corrected chi connectivity index (χ1v) is 7.63. The molecule has 1 fully saturated rings. The van der Waals surface area contributed by atoms with E-state index in [1.165, 1.54) is 10.5 Å². The first-order chi connectivity index (χ1) is 8.46. The summed E-state index contributed by atoms with van der Waals surface area (Å²) in [5.74, 6) is 0.935. The SMILES string of the molecule is CC(C)C1CCN(S(=O)(=O)c2[nH]ncc2CN)C1. The van der Waals surface area contributed by atoms with Crippen LogP contribution in [0.3, 0.4) is 0 Å². The summed E-state index contributed by atoms with van der Waals surface area (Å²) in [4.78, 5) is 0. The van der Waals surface area contributed by atoms with E-state index in [1.54, 1.807) is 0 Å². The van der Waals surface area contributed by atoms with Gasteiger partial charge in [0.25, 0.3) is 10.0 Å². The molecule has 0 aromatic carbocycles. The van der Waals surface area contributed by atoms with Crippen molar-refractivity contribution >= 4 is 10.0 Å². The zero-order valence-electron chi connectivity index (χ0n) is 10.8. The molecule has 1 aliphatic rings. The fourth-order valence-electron chi connectivity index (χ4n) is 2.31. The molecule has 2 rings (SSSR count). The van der Waals surface area contributed by atoms with Crippen LogP contribution < -0.4 is 5.73 Å². The molecule has 3 N–H and O–H groups in total. The van der Waals surface area contributed by atoms with Crippen LogP contribution in [0.25, 0.3) is 0 Å². The number of sulfonamides is 1. The summed E-state index contributed by atoms with van der Waals surface area (Å²) < 4.78 is 26.4. The van der Waals surface area contributed by atoms with Crippen LogP contribution in [0.1, 0.15) is 25.8 Å². The lowest BCUT2D eigenvalue weighted by Crippen LogP contribution is -2.30. The lowest BCUT2D eigenvalue weighted by Gasteiger charge is -2.17. The van der Waals surface area contributed by atoms with Gasteiger partial charge in [-0.05, 0) is 18.3 Å². The summed E-state index contributed by atoms with van der Waals surface area (Å²) in [5.41, 5.74) is 6.07. The smallest absolute Gasteiger partial charge is 0.260 e. The highest BCUT2D eigenvalue weighted by Gasteiger charge is 2.35. The molecule has 7 heteroatoms. The zero-order valence-corrected chi connectivity index (χ0v) is 11.6. The molecule has 1 aliphatic heterocycles. The third-order valence-electron chi connectivity index (χ3n) is 3.63. The Balaban J connectivity index is 2.23. The molecule has 0 spiro atoms. The second kappa shape index (κ2) is 4.99. The molecule has 0 radical (unpaired) electrons. The number of nitrogens with zero attached hydrogens (tertiary/aromatic N) is 2. The Kier molecular flexibility index (Phi) is 3.74. The lowest BCUT2D eigenvalue weighted by atomic mass is 9.96. The van der Waals surface area contributed by atoms with Crippen LogP contribution in [0.5, 0.6) is 0 Å². The van der Waals surface area contributed by atoms with E-state index >= 15 is 0 Å². The van der Waals surface area contributed by atoms with Gasteiger partial charge in [0.05, 0.1) is 6.20 Å². The maximum absolute atomic E-state index is 12.4. The third kappa shape index (κ3) is 2.30. The number of nitrogens with one attached hydrogen (secondary N) is 1. The van der Waals surface area contributed by atoms with E-state index in [2.05, 4.69) is 24.0 Å². The molecule has 1 saturated heterocycles. The lowest BCUT2D eigenvalue weighted by molar-refractivity contribution is 0.388. The van der Waals surface area contributed by atoms with Crippen LogP contribution in [-0.2, 0) is 16.6 Å². The van der Waals surface area contributed by atoms with Gasteiger partial charge >= 0.3 is 0 Å². The maximum Gasteiger partial charge on any atom is 0.260 e. The van der Waals surface area contributed by atoms with E-state index in [0.717, 1.165) is 6.42 Å². The Hall–Kier alpha value is -0.920. The normalized spacial score (nSPS) is 21.9. The molecular formula is C11H20N4O2S. The number of nitrogens with two attached hydrogens (primary N) is 1. The second-order valence-electron chi connectivity index (χ2n) is 5.08. The van der Waals surface area contributed by atoms with Gasteiger partial charge in [0.15, 0.2) is 5.03 Å². The van der Waals surface area contributed by atoms with Crippen molar-refractivity contribution in [3.63, 3.8) is 0 Å². The van der Waals surface area contributed by atoms with E-state index in [0.29, 0.717) is 30.5 Å². The zero-order chi connectivity index (χ0) is 13.3. The van der Waals surface area contributed by atoms with Gasteiger partial charge in [0, 0.05) is 25.2 Å². The van der Waals surface area contributed by atoms with Crippen molar-refractivity contribution in [3.8, 4) is 0 Å². The van der Waals surface area contributed by atoms with E-state index in [-0.39, 0.29) is 11.6 Å². The Morgan fingerprint density at radius 2 is 2.33 bits per heavy atom. The Morgan fingerprint density at radius 3 is 2.89 bits per heavy atom. The Bertz CT molecular complexity index is 509. The molecule has 1 unspecified atom stereocenters. The fraction of sp³-hybridized carbons (Fsp3) is 0.727. The highest BCUT2D eigenvalue weighted by Crippen LogP contribution is 2.28. The highest BCUT2D eigenvalue weighted by atomic mass is 32.2. The maximum atomic E-state index is 12.4. The molecule has 0 aliphatic carbocycles. The number of rotatable bonds is 4. The van der Waals surface area contributed by atoms with Gasteiger partial charge < -0.3 is 5.73 Å². The number of aromatic amines is 1. The molecule has 1 aromatic heterocycles. The predicted molar refractivity (Wildman–Crippen MR) is 68.2 cm³/mol. The molecule has 0 amide bonds. The minimum atomic E-state index is -3.47. The van der Waals surface area contributed by atoms with Gasteiger partial charge in [0.1, 0.15) is 0 Å². The van der Waals surface area contributed by atoms with Crippen LogP contribution in [0, 0.1) is 11.8 Å². The quantitative estimate of drug-likeness (QED) is 0.836. The summed E-state index contributed by atoms with van der Waals surface area (Å²) in [6.45, 7) is 5.59. The molecule has 102 valence electrons. The van der Waals surface area contributed by atoms with Crippen molar-refractivity contribution in [1.82, 2.24) is 14.5 Å². The highest BCUT2D eigenvalue weighted by molar-refractivity contribution is 7.89. The Morgan fingerprint density at radius 1 is 1.61 bits per heavy atom. The van der Waals surface area contributed by atoms with Gasteiger partial charge in [-0.1, -0.05) is 13.8 Å². The number of H-pyrrole nitrogens is 1. The fourth-order valence-corrected chi connectivity index (χ4v) is 3.94. The van der Waals surface area contributed by atoms with Gasteiger partial charge in [-0.3, -0.25) is 5.10 Å². The average Bonchev–Trinajstić information content (AvgIpc) is 2.98. The van der Waals surface area contributed by atoms with Crippen molar-refractivity contribution in [1.29, 1.82) is 0 Å². The molecule has 0 saturated carbocycles. The van der Waals surface area contributed by atoms with Crippen molar-refractivity contribution in [3.05, 3.63) is 11.8 Å². The standard InChI is InChI=1S/C11H20N4O2S/c1-8(2)9-3-4-15(7-9)18(16,17)11-10(5-12)6-13-14-11/h6,8-9H,3-5,7,12H2,1-2H3,(H,13,14). The topological polar surface area (TPSA) is 92.1 Å². The van der Waals surface area contributed by atoms with E-state index < -0.39 is 10.0 Å². The average molecular weight is 272 g/mol. The van der Waals surface area contributed by atoms with Crippen LogP contribution in [0.4, 0.5) is 0 Å². The monoisotopic (exact) mass is 272 g/mol. The van der Waals surface area contributed by atoms with Crippen molar-refractivity contribution in [2.45, 2.75) is 31.8 Å². The summed E-state index contributed by atoms with van der Waals surface area (Å²) in [5, 5.41) is 6.48. The van der Waals surface area contributed by atoms with E-state index in [9.17, 15) is 8.42 Å².